The third kappa shape index (κ3) is 3.01. The predicted molar refractivity (Wildman–Crippen MR) is 99.6 cm³/mol. The molecular weight excluding hydrogens is 347 g/mol. The van der Waals surface area contributed by atoms with Gasteiger partial charge in [0.15, 0.2) is 0 Å². The van der Waals surface area contributed by atoms with Gasteiger partial charge < -0.3 is 20.5 Å². The van der Waals surface area contributed by atoms with Crippen LogP contribution in [0.15, 0.2) is 42.9 Å². The summed E-state index contributed by atoms with van der Waals surface area (Å²) in [5.74, 6) is -0.715. The summed E-state index contributed by atoms with van der Waals surface area (Å²) in [6.07, 6.45) is 2.08. The van der Waals surface area contributed by atoms with Gasteiger partial charge in [0, 0.05) is 17.5 Å². The van der Waals surface area contributed by atoms with Crippen molar-refractivity contribution in [1.82, 2.24) is 14.5 Å². The average Bonchev–Trinajstić information content (AvgIpc) is 3.21. The molecule has 1 fully saturated rings. The van der Waals surface area contributed by atoms with Gasteiger partial charge in [0.2, 0.25) is 0 Å². The monoisotopic (exact) mass is 370 g/mol. The second kappa shape index (κ2) is 6.99. The number of aryl methyl sites for hydroxylation is 1. The van der Waals surface area contributed by atoms with Crippen molar-refractivity contribution in [2.45, 2.75) is 37.5 Å². The number of rotatable bonds is 4. The molecule has 0 amide bonds. The molecule has 1 aromatic carbocycles. The van der Waals surface area contributed by atoms with E-state index < -0.39 is 12.2 Å². The van der Waals surface area contributed by atoms with Crippen LogP contribution in [0, 0.1) is 18.7 Å². The molecule has 0 bridgehead atoms. The Morgan fingerprint density at radius 2 is 1.93 bits per heavy atom. The van der Waals surface area contributed by atoms with Gasteiger partial charge in [-0.15, -0.1) is 0 Å². The van der Waals surface area contributed by atoms with Crippen LogP contribution in [0.1, 0.15) is 29.6 Å². The van der Waals surface area contributed by atoms with Crippen molar-refractivity contribution >= 4 is 11.0 Å². The van der Waals surface area contributed by atoms with E-state index in [-0.39, 0.29) is 23.7 Å². The van der Waals surface area contributed by atoms with Gasteiger partial charge in [-0.2, -0.15) is 0 Å². The van der Waals surface area contributed by atoms with Crippen LogP contribution in [-0.2, 0) is 0 Å². The minimum atomic E-state index is -0.935. The van der Waals surface area contributed by atoms with Crippen molar-refractivity contribution in [3.05, 3.63) is 59.9 Å². The van der Waals surface area contributed by atoms with Crippen LogP contribution in [0.25, 0.3) is 11.0 Å². The van der Waals surface area contributed by atoms with Gasteiger partial charge in [0.1, 0.15) is 23.9 Å². The molecule has 3 aromatic rings. The fourth-order valence-corrected chi connectivity index (χ4v) is 4.35. The summed E-state index contributed by atoms with van der Waals surface area (Å²) in [4.78, 5) is 8.56. The Hall–Kier alpha value is -2.35. The summed E-state index contributed by atoms with van der Waals surface area (Å²) < 4.78 is 15.2. The summed E-state index contributed by atoms with van der Waals surface area (Å²) in [7, 11) is 0. The summed E-state index contributed by atoms with van der Waals surface area (Å²) in [5, 5.41) is 22.4. The maximum Gasteiger partial charge on any atom is 0.143 e. The van der Waals surface area contributed by atoms with Crippen molar-refractivity contribution in [2.75, 3.05) is 6.54 Å². The molecule has 6 nitrogen and oxygen atoms in total. The molecule has 2 heterocycles. The number of hydrogen-bond acceptors (Lipinski definition) is 5. The number of benzene rings is 1. The number of halogens is 1. The first-order valence-corrected chi connectivity index (χ1v) is 9.11. The minimum Gasteiger partial charge on any atom is -0.390 e. The Bertz CT molecular complexity index is 943. The van der Waals surface area contributed by atoms with Gasteiger partial charge in [-0.1, -0.05) is 12.1 Å². The van der Waals surface area contributed by atoms with E-state index in [1.807, 2.05) is 23.8 Å². The number of nitrogens with zero attached hydrogens (tertiary/aromatic N) is 3. The SMILES string of the molecule is Cc1ncnc2c1ccn2[C@@H]1C[C@H]([C@@H](CN)c2ccc(F)cc2)[C@@H](O)[C@H]1O. The van der Waals surface area contributed by atoms with E-state index in [4.69, 9.17) is 5.73 Å². The number of fused-ring (bicyclic) bond motifs is 1. The number of aliphatic hydroxyl groups excluding tert-OH is 2. The summed E-state index contributed by atoms with van der Waals surface area (Å²) >= 11 is 0. The van der Waals surface area contributed by atoms with Crippen LogP contribution in [-0.4, -0.2) is 43.5 Å². The van der Waals surface area contributed by atoms with Gasteiger partial charge in [-0.25, -0.2) is 14.4 Å². The number of aromatic nitrogens is 3. The number of hydrogen-bond donors (Lipinski definition) is 3. The van der Waals surface area contributed by atoms with E-state index in [1.165, 1.54) is 18.5 Å². The van der Waals surface area contributed by atoms with Crippen LogP contribution < -0.4 is 5.73 Å². The molecule has 0 saturated heterocycles. The van der Waals surface area contributed by atoms with Crippen molar-refractivity contribution < 1.29 is 14.6 Å². The molecule has 2 aromatic heterocycles. The van der Waals surface area contributed by atoms with E-state index in [1.54, 1.807) is 12.1 Å². The molecule has 4 N–H and O–H groups in total. The highest BCUT2D eigenvalue weighted by Gasteiger charge is 2.46. The Kier molecular flexibility index (Phi) is 4.67. The summed E-state index contributed by atoms with van der Waals surface area (Å²) in [6.45, 7) is 2.22. The zero-order valence-electron chi connectivity index (χ0n) is 15.0. The lowest BCUT2D eigenvalue weighted by molar-refractivity contribution is 0.00238. The van der Waals surface area contributed by atoms with Crippen LogP contribution in [0.4, 0.5) is 4.39 Å². The first-order chi connectivity index (χ1) is 13.0. The molecule has 142 valence electrons. The van der Waals surface area contributed by atoms with Crippen molar-refractivity contribution in [3.63, 3.8) is 0 Å². The lowest BCUT2D eigenvalue weighted by Gasteiger charge is -2.25. The first kappa shape index (κ1) is 18.0. The third-order valence-electron chi connectivity index (χ3n) is 5.83. The predicted octanol–water partition coefficient (Wildman–Crippen LogP) is 1.90. The smallest absolute Gasteiger partial charge is 0.143 e. The van der Waals surface area contributed by atoms with Crippen molar-refractivity contribution in [1.29, 1.82) is 0 Å². The first-order valence-electron chi connectivity index (χ1n) is 9.11. The Morgan fingerprint density at radius 3 is 2.63 bits per heavy atom. The molecule has 7 heteroatoms. The quantitative estimate of drug-likeness (QED) is 0.652. The summed E-state index contributed by atoms with van der Waals surface area (Å²) in [6, 6.07) is 7.80. The molecule has 1 aliphatic rings. The summed E-state index contributed by atoms with van der Waals surface area (Å²) in [5.41, 5.74) is 8.47. The molecule has 0 radical (unpaired) electrons. The maximum atomic E-state index is 13.3. The molecule has 0 aliphatic heterocycles. The molecular formula is C20H23FN4O2. The zero-order chi connectivity index (χ0) is 19.1. The van der Waals surface area contributed by atoms with Crippen molar-refractivity contribution in [3.8, 4) is 0 Å². The van der Waals surface area contributed by atoms with E-state index in [0.29, 0.717) is 13.0 Å². The van der Waals surface area contributed by atoms with E-state index in [9.17, 15) is 14.6 Å². The Balaban J connectivity index is 1.67. The normalized spacial score (nSPS) is 26.6. The molecule has 5 atom stereocenters. The zero-order valence-corrected chi connectivity index (χ0v) is 15.0. The molecule has 0 unspecified atom stereocenters. The van der Waals surface area contributed by atoms with Gasteiger partial charge in [0.05, 0.1) is 17.8 Å². The van der Waals surface area contributed by atoms with Crippen LogP contribution in [0.2, 0.25) is 0 Å². The fourth-order valence-electron chi connectivity index (χ4n) is 4.35. The van der Waals surface area contributed by atoms with E-state index in [0.717, 1.165) is 22.3 Å². The van der Waals surface area contributed by atoms with Gasteiger partial charge in [-0.3, -0.25) is 0 Å². The van der Waals surface area contributed by atoms with E-state index in [2.05, 4.69) is 9.97 Å². The second-order valence-corrected chi connectivity index (χ2v) is 7.26. The Labute approximate surface area is 156 Å². The van der Waals surface area contributed by atoms with Crippen LogP contribution in [0.3, 0.4) is 0 Å². The fraction of sp³-hybridized carbons (Fsp3) is 0.400. The number of nitrogens with two attached hydrogens (primary N) is 1. The highest BCUT2D eigenvalue weighted by Crippen LogP contribution is 2.43. The van der Waals surface area contributed by atoms with Gasteiger partial charge in [-0.05, 0) is 49.6 Å². The molecule has 4 rings (SSSR count). The second-order valence-electron chi connectivity index (χ2n) is 7.26. The topological polar surface area (TPSA) is 97.2 Å². The molecule has 27 heavy (non-hydrogen) atoms. The lowest BCUT2D eigenvalue weighted by atomic mass is 9.83. The number of aliphatic hydroxyl groups is 2. The highest BCUT2D eigenvalue weighted by molar-refractivity contribution is 5.78. The van der Waals surface area contributed by atoms with Crippen LogP contribution >= 0.6 is 0 Å². The lowest BCUT2D eigenvalue weighted by Crippen LogP contribution is -2.33. The van der Waals surface area contributed by atoms with E-state index >= 15 is 0 Å². The highest BCUT2D eigenvalue weighted by atomic mass is 19.1. The third-order valence-corrected chi connectivity index (χ3v) is 5.83. The average molecular weight is 370 g/mol. The van der Waals surface area contributed by atoms with Crippen LogP contribution in [0.5, 0.6) is 0 Å². The molecule has 0 spiro atoms. The van der Waals surface area contributed by atoms with Crippen molar-refractivity contribution in [2.24, 2.45) is 11.7 Å². The molecule has 1 aliphatic carbocycles. The van der Waals surface area contributed by atoms with Gasteiger partial charge >= 0.3 is 0 Å². The maximum absolute atomic E-state index is 13.3. The van der Waals surface area contributed by atoms with Gasteiger partial charge in [0.25, 0.3) is 0 Å². The Morgan fingerprint density at radius 1 is 1.19 bits per heavy atom. The standard InChI is InChI=1S/C20H23FN4O2/c1-11-14-6-7-25(20(14)24-10-23-11)17-8-15(18(26)19(17)27)16(9-22)12-2-4-13(21)5-3-12/h2-7,10,15-19,26-27H,8-9,22H2,1H3/t15-,16+,17-,18-,19+/m1/s1. The minimum absolute atomic E-state index is 0.168. The largest absolute Gasteiger partial charge is 0.390 e. The molecule has 1 saturated carbocycles.